The lowest BCUT2D eigenvalue weighted by molar-refractivity contribution is 0.479. The molecular weight excluding hydrogens is 200 g/mol. The number of imidazole rings is 1. The lowest BCUT2D eigenvalue weighted by atomic mass is 10.0. The summed E-state index contributed by atoms with van der Waals surface area (Å²) in [6.07, 6.45) is 9.17. The van der Waals surface area contributed by atoms with Crippen molar-refractivity contribution in [3.05, 3.63) is 18.7 Å². The molecule has 1 fully saturated rings. The van der Waals surface area contributed by atoms with Crippen LogP contribution in [0.4, 0.5) is 0 Å². The molecule has 4 nitrogen and oxygen atoms in total. The second-order valence-electron chi connectivity index (χ2n) is 3.70. The van der Waals surface area contributed by atoms with Gasteiger partial charge in [0.2, 0.25) is 10.0 Å². The van der Waals surface area contributed by atoms with E-state index in [1.54, 1.807) is 0 Å². The Bertz CT molecular complexity index is 377. The molecule has 78 valence electrons. The summed E-state index contributed by atoms with van der Waals surface area (Å²) in [7, 11) is -3.16. The zero-order chi connectivity index (χ0) is 10.0. The van der Waals surface area contributed by atoms with E-state index < -0.39 is 10.0 Å². The summed E-state index contributed by atoms with van der Waals surface area (Å²) >= 11 is 0. The van der Waals surface area contributed by atoms with Gasteiger partial charge in [-0.05, 0) is 12.8 Å². The van der Waals surface area contributed by atoms with Gasteiger partial charge in [-0.3, -0.25) is 0 Å². The highest BCUT2D eigenvalue weighted by molar-refractivity contribution is 7.90. The van der Waals surface area contributed by atoms with Gasteiger partial charge in [0.05, 0.1) is 5.25 Å². The number of aromatic nitrogens is 2. The zero-order valence-corrected chi connectivity index (χ0v) is 8.78. The fourth-order valence-electron chi connectivity index (χ4n) is 1.93. The summed E-state index contributed by atoms with van der Waals surface area (Å²) in [6.45, 7) is 0. The minimum Gasteiger partial charge on any atom is -0.244 e. The molecule has 0 atom stereocenters. The highest BCUT2D eigenvalue weighted by Crippen LogP contribution is 2.24. The van der Waals surface area contributed by atoms with Gasteiger partial charge in [0.1, 0.15) is 6.33 Å². The highest BCUT2D eigenvalue weighted by Gasteiger charge is 2.28. The van der Waals surface area contributed by atoms with Gasteiger partial charge in [-0.2, -0.15) is 0 Å². The lowest BCUT2D eigenvalue weighted by Crippen LogP contribution is -2.28. The van der Waals surface area contributed by atoms with Crippen LogP contribution in [-0.4, -0.2) is 22.6 Å². The molecule has 0 spiro atoms. The Balaban J connectivity index is 2.23. The van der Waals surface area contributed by atoms with Crippen LogP contribution in [0.3, 0.4) is 0 Å². The molecular formula is C9H14N2O2S. The van der Waals surface area contributed by atoms with Gasteiger partial charge >= 0.3 is 0 Å². The van der Waals surface area contributed by atoms with Gasteiger partial charge in [-0.1, -0.05) is 19.3 Å². The van der Waals surface area contributed by atoms with Crippen LogP contribution < -0.4 is 0 Å². The fraction of sp³-hybridized carbons (Fsp3) is 0.667. The summed E-state index contributed by atoms with van der Waals surface area (Å²) in [4.78, 5) is 3.77. The van der Waals surface area contributed by atoms with Gasteiger partial charge in [-0.15, -0.1) is 0 Å². The largest absolute Gasteiger partial charge is 0.244 e. The van der Waals surface area contributed by atoms with E-state index in [0.29, 0.717) is 0 Å². The molecule has 5 heteroatoms. The van der Waals surface area contributed by atoms with Crippen LogP contribution in [0.15, 0.2) is 18.7 Å². The summed E-state index contributed by atoms with van der Waals surface area (Å²) in [5.41, 5.74) is 0. The van der Waals surface area contributed by atoms with E-state index in [1.807, 2.05) is 0 Å². The molecule has 1 saturated carbocycles. The molecule has 2 rings (SSSR count). The van der Waals surface area contributed by atoms with E-state index in [9.17, 15) is 8.42 Å². The maximum atomic E-state index is 12.0. The predicted molar refractivity (Wildman–Crippen MR) is 53.4 cm³/mol. The number of hydrogen-bond donors (Lipinski definition) is 0. The normalized spacial score (nSPS) is 19.7. The van der Waals surface area contributed by atoms with Crippen molar-refractivity contribution >= 4 is 10.0 Å². The lowest BCUT2D eigenvalue weighted by Gasteiger charge is -2.21. The first-order chi connectivity index (χ1) is 6.71. The molecule has 14 heavy (non-hydrogen) atoms. The minimum absolute atomic E-state index is 0.203. The summed E-state index contributed by atoms with van der Waals surface area (Å²) in [6, 6.07) is 0. The van der Waals surface area contributed by atoms with Gasteiger partial charge in [0.25, 0.3) is 0 Å². The van der Waals surface area contributed by atoms with Crippen molar-refractivity contribution < 1.29 is 8.42 Å². The van der Waals surface area contributed by atoms with Gasteiger partial charge in [0.15, 0.2) is 0 Å². The van der Waals surface area contributed by atoms with Crippen LogP contribution in [0.2, 0.25) is 0 Å². The molecule has 0 bridgehead atoms. The van der Waals surface area contributed by atoms with Crippen LogP contribution in [-0.2, 0) is 10.0 Å². The standard InChI is InChI=1S/C9H14N2O2S/c12-14(13,11-7-6-10-8-11)9-4-2-1-3-5-9/h6-9H,1-5H2. The highest BCUT2D eigenvalue weighted by atomic mass is 32.2. The molecule has 1 aliphatic carbocycles. The molecule has 0 aromatic carbocycles. The Morgan fingerprint density at radius 3 is 2.50 bits per heavy atom. The third-order valence-electron chi connectivity index (χ3n) is 2.75. The van der Waals surface area contributed by atoms with Crippen molar-refractivity contribution in [1.29, 1.82) is 0 Å². The number of hydrogen-bond acceptors (Lipinski definition) is 3. The Morgan fingerprint density at radius 1 is 1.21 bits per heavy atom. The van der Waals surface area contributed by atoms with E-state index in [0.717, 1.165) is 32.1 Å². The van der Waals surface area contributed by atoms with Crippen molar-refractivity contribution in [3.8, 4) is 0 Å². The third kappa shape index (κ3) is 1.68. The van der Waals surface area contributed by atoms with Crippen LogP contribution in [0.5, 0.6) is 0 Å². The van der Waals surface area contributed by atoms with E-state index in [4.69, 9.17) is 0 Å². The van der Waals surface area contributed by atoms with Crippen molar-refractivity contribution in [2.24, 2.45) is 0 Å². The number of nitrogens with zero attached hydrogens (tertiary/aromatic N) is 2. The fourth-order valence-corrected chi connectivity index (χ4v) is 3.62. The molecule has 1 heterocycles. The van der Waals surface area contributed by atoms with E-state index in [2.05, 4.69) is 4.98 Å². The van der Waals surface area contributed by atoms with Crippen molar-refractivity contribution in [3.63, 3.8) is 0 Å². The van der Waals surface area contributed by atoms with Gasteiger partial charge in [0, 0.05) is 12.4 Å². The maximum absolute atomic E-state index is 12.0. The molecule has 1 aliphatic rings. The minimum atomic E-state index is -3.16. The first-order valence-electron chi connectivity index (χ1n) is 4.93. The second-order valence-corrected chi connectivity index (χ2v) is 5.82. The summed E-state index contributed by atoms with van der Waals surface area (Å²) in [5, 5.41) is -0.203. The van der Waals surface area contributed by atoms with Gasteiger partial charge in [-0.25, -0.2) is 17.4 Å². The average molecular weight is 214 g/mol. The van der Waals surface area contributed by atoms with E-state index in [1.165, 1.54) is 22.7 Å². The quantitative estimate of drug-likeness (QED) is 0.747. The molecule has 0 unspecified atom stereocenters. The second kappa shape index (κ2) is 3.73. The first kappa shape index (κ1) is 9.71. The SMILES string of the molecule is O=S(=O)(C1CCCCC1)n1ccnc1. The topological polar surface area (TPSA) is 52.0 Å². The van der Waals surface area contributed by atoms with E-state index >= 15 is 0 Å². The van der Waals surface area contributed by atoms with E-state index in [-0.39, 0.29) is 5.25 Å². The van der Waals surface area contributed by atoms with Crippen molar-refractivity contribution in [1.82, 2.24) is 8.96 Å². The predicted octanol–water partition coefficient (Wildman–Crippen LogP) is 1.39. The van der Waals surface area contributed by atoms with Crippen LogP contribution >= 0.6 is 0 Å². The van der Waals surface area contributed by atoms with Crippen molar-refractivity contribution in [2.75, 3.05) is 0 Å². The Morgan fingerprint density at radius 2 is 1.93 bits per heavy atom. The summed E-state index contributed by atoms with van der Waals surface area (Å²) in [5.74, 6) is 0. The molecule has 0 saturated heterocycles. The van der Waals surface area contributed by atoms with Gasteiger partial charge < -0.3 is 0 Å². The molecule has 0 N–H and O–H groups in total. The monoisotopic (exact) mass is 214 g/mol. The molecule has 0 radical (unpaired) electrons. The van der Waals surface area contributed by atoms with Crippen LogP contribution in [0.25, 0.3) is 0 Å². The van der Waals surface area contributed by atoms with Crippen LogP contribution in [0, 0.1) is 0 Å². The van der Waals surface area contributed by atoms with Crippen molar-refractivity contribution in [2.45, 2.75) is 37.4 Å². The smallest absolute Gasteiger partial charge is 0.242 e. The zero-order valence-electron chi connectivity index (χ0n) is 7.96. The Hall–Kier alpha value is -0.840. The first-order valence-corrected chi connectivity index (χ1v) is 6.44. The molecule has 1 aromatic heterocycles. The number of rotatable bonds is 2. The molecule has 1 aromatic rings. The maximum Gasteiger partial charge on any atom is 0.242 e. The molecule has 0 amide bonds. The average Bonchev–Trinajstić information content (AvgIpc) is 2.72. The summed E-state index contributed by atoms with van der Waals surface area (Å²) < 4.78 is 25.2. The third-order valence-corrected chi connectivity index (χ3v) is 4.86. The Kier molecular flexibility index (Phi) is 2.58. The van der Waals surface area contributed by atoms with Crippen LogP contribution in [0.1, 0.15) is 32.1 Å². The molecule has 0 aliphatic heterocycles. The Labute approximate surface area is 84.0 Å².